The summed E-state index contributed by atoms with van der Waals surface area (Å²) in [5, 5.41) is 4.08. The van der Waals surface area contributed by atoms with Crippen molar-refractivity contribution in [3.05, 3.63) is 76.9 Å². The van der Waals surface area contributed by atoms with Crippen molar-refractivity contribution >= 4 is 28.3 Å². The van der Waals surface area contributed by atoms with Gasteiger partial charge in [0.25, 0.3) is 11.8 Å². The highest BCUT2D eigenvalue weighted by Gasteiger charge is 2.39. The van der Waals surface area contributed by atoms with Gasteiger partial charge in [0, 0.05) is 35.2 Å². The molecule has 0 spiro atoms. The number of nitrogens with zero attached hydrogens (tertiary/aromatic N) is 1. The van der Waals surface area contributed by atoms with E-state index in [1.807, 2.05) is 38.1 Å². The number of amides is 2. The fourth-order valence-electron chi connectivity index (χ4n) is 3.66. The maximum atomic E-state index is 13.2. The monoisotopic (exact) mass is 377 g/mol. The predicted molar refractivity (Wildman–Crippen MR) is 106 cm³/mol. The first-order valence-corrected chi connectivity index (χ1v) is 9.05. The fraction of sp³-hybridized carbons (Fsp3) is 0.182. The number of nitrogens with one attached hydrogen (secondary N) is 2. The number of hydrogen-bond acceptors (Lipinski definition) is 3. The average molecular weight is 377 g/mol. The summed E-state index contributed by atoms with van der Waals surface area (Å²) in [7, 11) is 1.48. The van der Waals surface area contributed by atoms with E-state index in [4.69, 9.17) is 0 Å². The van der Waals surface area contributed by atoms with Crippen molar-refractivity contribution in [1.82, 2.24) is 15.2 Å². The smallest absolute Gasteiger partial charge is 0.277 e. The topological polar surface area (TPSA) is 65.2 Å². The van der Waals surface area contributed by atoms with Gasteiger partial charge in [-0.25, -0.2) is 4.39 Å². The van der Waals surface area contributed by atoms with Crippen LogP contribution in [0.1, 0.15) is 29.8 Å². The Morgan fingerprint density at radius 2 is 1.71 bits per heavy atom. The molecule has 1 aliphatic heterocycles. The number of rotatable bonds is 4. The quantitative estimate of drug-likeness (QED) is 0.682. The normalized spacial score (nSPS) is 15.6. The van der Waals surface area contributed by atoms with E-state index in [1.54, 1.807) is 12.1 Å². The lowest BCUT2D eigenvalue weighted by atomic mass is 10.00. The van der Waals surface area contributed by atoms with Gasteiger partial charge in [-0.3, -0.25) is 14.5 Å². The summed E-state index contributed by atoms with van der Waals surface area (Å²) in [6.45, 7) is 3.76. The summed E-state index contributed by atoms with van der Waals surface area (Å²) in [4.78, 5) is 30.1. The van der Waals surface area contributed by atoms with Crippen molar-refractivity contribution in [3.63, 3.8) is 0 Å². The zero-order valence-electron chi connectivity index (χ0n) is 15.8. The van der Waals surface area contributed by atoms with Gasteiger partial charge in [-0.15, -0.1) is 0 Å². The van der Waals surface area contributed by atoms with Gasteiger partial charge in [0.15, 0.2) is 0 Å². The lowest BCUT2D eigenvalue weighted by Crippen LogP contribution is -2.30. The molecule has 2 heterocycles. The van der Waals surface area contributed by atoms with Crippen LogP contribution in [-0.2, 0) is 9.59 Å². The van der Waals surface area contributed by atoms with Crippen molar-refractivity contribution in [3.8, 4) is 0 Å². The van der Waals surface area contributed by atoms with E-state index >= 15 is 0 Å². The SMILES string of the molecule is Cc1[nH]c2ccccc2c1C1=C(NC(C)c2ccc(F)cc2)C(=O)N(C)C1=O. The third-order valence-electron chi connectivity index (χ3n) is 5.16. The molecule has 1 atom stereocenters. The number of fused-ring (bicyclic) bond motifs is 1. The van der Waals surface area contributed by atoms with Crippen LogP contribution in [0, 0.1) is 12.7 Å². The maximum Gasteiger partial charge on any atom is 0.277 e. The molecule has 0 bridgehead atoms. The zero-order chi connectivity index (χ0) is 20.0. The summed E-state index contributed by atoms with van der Waals surface area (Å²) in [6, 6.07) is 13.5. The highest BCUT2D eigenvalue weighted by Crippen LogP contribution is 2.35. The number of benzene rings is 2. The second-order valence-corrected chi connectivity index (χ2v) is 7.01. The Morgan fingerprint density at radius 3 is 2.43 bits per heavy atom. The van der Waals surface area contributed by atoms with E-state index < -0.39 is 0 Å². The highest BCUT2D eigenvalue weighted by atomic mass is 19.1. The number of hydrogen-bond donors (Lipinski definition) is 2. The maximum absolute atomic E-state index is 13.2. The van der Waals surface area contributed by atoms with Crippen molar-refractivity contribution in [2.45, 2.75) is 19.9 Å². The molecule has 1 aliphatic rings. The molecule has 0 saturated carbocycles. The summed E-state index contributed by atoms with van der Waals surface area (Å²) in [5.41, 5.74) is 3.89. The molecule has 1 aromatic heterocycles. The van der Waals surface area contributed by atoms with Crippen molar-refractivity contribution in [1.29, 1.82) is 0 Å². The molecule has 0 radical (unpaired) electrons. The summed E-state index contributed by atoms with van der Waals surface area (Å²) < 4.78 is 13.2. The second kappa shape index (κ2) is 6.64. The number of carbonyl (C=O) groups excluding carboxylic acids is 2. The third-order valence-corrected chi connectivity index (χ3v) is 5.16. The van der Waals surface area contributed by atoms with E-state index in [-0.39, 0.29) is 29.4 Å². The Labute approximate surface area is 161 Å². The van der Waals surface area contributed by atoms with Gasteiger partial charge in [0.1, 0.15) is 11.5 Å². The van der Waals surface area contributed by atoms with Gasteiger partial charge >= 0.3 is 0 Å². The summed E-state index contributed by atoms with van der Waals surface area (Å²) >= 11 is 0. The Balaban J connectivity index is 1.84. The fourth-order valence-corrected chi connectivity index (χ4v) is 3.66. The number of likely N-dealkylation sites (N-methyl/N-ethyl adjacent to an activating group) is 1. The van der Waals surface area contributed by atoms with Gasteiger partial charge in [-0.05, 0) is 37.6 Å². The van der Waals surface area contributed by atoms with Crippen LogP contribution in [-0.4, -0.2) is 28.7 Å². The van der Waals surface area contributed by atoms with Gasteiger partial charge < -0.3 is 10.3 Å². The number of para-hydroxylation sites is 1. The molecule has 0 saturated heterocycles. The van der Waals surface area contributed by atoms with Crippen LogP contribution in [0.3, 0.4) is 0 Å². The lowest BCUT2D eigenvalue weighted by molar-refractivity contribution is -0.135. The number of carbonyl (C=O) groups is 2. The predicted octanol–water partition coefficient (Wildman–Crippen LogP) is 3.68. The van der Waals surface area contributed by atoms with E-state index in [0.29, 0.717) is 5.57 Å². The molecule has 5 nitrogen and oxygen atoms in total. The first kappa shape index (κ1) is 18.0. The van der Waals surface area contributed by atoms with Crippen LogP contribution in [0.4, 0.5) is 4.39 Å². The first-order chi connectivity index (χ1) is 13.4. The van der Waals surface area contributed by atoms with E-state index in [1.165, 1.54) is 19.2 Å². The van der Waals surface area contributed by atoms with Gasteiger partial charge in [0.05, 0.1) is 5.57 Å². The van der Waals surface area contributed by atoms with Crippen LogP contribution in [0.25, 0.3) is 16.5 Å². The molecule has 0 aliphatic carbocycles. The van der Waals surface area contributed by atoms with E-state index in [9.17, 15) is 14.0 Å². The largest absolute Gasteiger partial charge is 0.373 e. The first-order valence-electron chi connectivity index (χ1n) is 9.05. The minimum Gasteiger partial charge on any atom is -0.373 e. The molecule has 3 aromatic rings. The number of H-pyrrole nitrogens is 1. The Kier molecular flexibility index (Phi) is 4.26. The zero-order valence-corrected chi connectivity index (χ0v) is 15.8. The molecule has 6 heteroatoms. The number of halogens is 1. The Morgan fingerprint density at radius 1 is 1.04 bits per heavy atom. The van der Waals surface area contributed by atoms with Crippen LogP contribution >= 0.6 is 0 Å². The summed E-state index contributed by atoms with van der Waals surface area (Å²) in [6.07, 6.45) is 0. The highest BCUT2D eigenvalue weighted by molar-refractivity contribution is 6.37. The molecular weight excluding hydrogens is 357 g/mol. The Bertz CT molecular complexity index is 1130. The second-order valence-electron chi connectivity index (χ2n) is 7.01. The molecule has 0 fully saturated rings. The van der Waals surface area contributed by atoms with Crippen LogP contribution in [0.2, 0.25) is 0 Å². The van der Waals surface area contributed by atoms with E-state index in [2.05, 4.69) is 10.3 Å². The minimum atomic E-state index is -0.376. The van der Waals surface area contributed by atoms with E-state index in [0.717, 1.165) is 32.6 Å². The molecule has 28 heavy (non-hydrogen) atoms. The molecule has 2 amide bonds. The number of aromatic nitrogens is 1. The lowest BCUT2D eigenvalue weighted by Gasteiger charge is -2.17. The number of imide groups is 1. The average Bonchev–Trinajstić information content (AvgIpc) is 3.11. The standard InChI is InChI=1S/C22H20FN3O2/c1-12(14-8-10-15(23)11-9-14)25-20-19(21(27)26(3)22(20)28)18-13(2)24-17-7-5-4-6-16(17)18/h4-12,24-25H,1-3H3. The van der Waals surface area contributed by atoms with Gasteiger partial charge in [-0.2, -0.15) is 0 Å². The number of aromatic amines is 1. The molecular formula is C22H20FN3O2. The molecule has 2 N–H and O–H groups in total. The van der Waals surface area contributed by atoms with Gasteiger partial charge in [-0.1, -0.05) is 30.3 Å². The molecule has 2 aromatic carbocycles. The van der Waals surface area contributed by atoms with Gasteiger partial charge in [0.2, 0.25) is 0 Å². The summed E-state index contributed by atoms with van der Waals surface area (Å²) in [5.74, 6) is -1.04. The third kappa shape index (κ3) is 2.78. The molecule has 142 valence electrons. The van der Waals surface area contributed by atoms with Crippen molar-refractivity contribution in [2.75, 3.05) is 7.05 Å². The molecule has 1 unspecified atom stereocenters. The van der Waals surface area contributed by atoms with Crippen molar-refractivity contribution in [2.24, 2.45) is 0 Å². The Hall–Kier alpha value is -3.41. The number of aryl methyl sites for hydroxylation is 1. The van der Waals surface area contributed by atoms with Crippen LogP contribution < -0.4 is 5.32 Å². The minimum absolute atomic E-state index is 0.261. The van der Waals surface area contributed by atoms with Crippen molar-refractivity contribution < 1.29 is 14.0 Å². The molecule has 4 rings (SSSR count). The van der Waals surface area contributed by atoms with Crippen LogP contribution in [0.15, 0.2) is 54.2 Å². The van der Waals surface area contributed by atoms with Crippen LogP contribution in [0.5, 0.6) is 0 Å².